The Hall–Kier alpha value is -2.62. The molecule has 0 amide bonds. The van der Waals surface area contributed by atoms with Crippen LogP contribution in [0.5, 0.6) is 11.5 Å². The summed E-state index contributed by atoms with van der Waals surface area (Å²) in [5, 5.41) is 0. The van der Waals surface area contributed by atoms with Gasteiger partial charge in [0.2, 0.25) is 0 Å². The largest absolute Gasteiger partial charge is 0.497 e. The van der Waals surface area contributed by atoms with Crippen molar-refractivity contribution in [3.8, 4) is 11.5 Å². The Kier molecular flexibility index (Phi) is 3.44. The first-order chi connectivity index (χ1) is 10.2. The average molecular weight is 284 g/mol. The number of hydrogen-bond donors (Lipinski definition) is 0. The summed E-state index contributed by atoms with van der Waals surface area (Å²) in [6, 6.07) is 11.2. The van der Waals surface area contributed by atoms with E-state index in [1.165, 1.54) is 12.1 Å². The molecule has 0 fully saturated rings. The summed E-state index contributed by atoms with van der Waals surface area (Å²) in [5.41, 5.74) is 1.58. The third-order valence-corrected chi connectivity index (χ3v) is 3.30. The van der Waals surface area contributed by atoms with Crippen molar-refractivity contribution >= 4 is 11.9 Å². The molecule has 0 N–H and O–H groups in total. The molecule has 1 aliphatic rings. The Morgan fingerprint density at radius 1 is 1.24 bits per heavy atom. The summed E-state index contributed by atoms with van der Waals surface area (Å²) in [5.74, 6) is 0.671. The second-order valence-corrected chi connectivity index (χ2v) is 4.70. The van der Waals surface area contributed by atoms with Gasteiger partial charge in [0.15, 0.2) is 5.78 Å². The molecule has 0 radical (unpaired) electrons. The van der Waals surface area contributed by atoms with Gasteiger partial charge in [-0.1, -0.05) is 12.1 Å². The average Bonchev–Trinajstić information content (AvgIpc) is 2.50. The minimum absolute atomic E-state index is 0.126. The van der Waals surface area contributed by atoms with Gasteiger partial charge in [0, 0.05) is 5.57 Å². The predicted molar refractivity (Wildman–Crippen MR) is 77.2 cm³/mol. The van der Waals surface area contributed by atoms with Gasteiger partial charge in [0.1, 0.15) is 23.9 Å². The number of carbonyl (C=O) groups is 1. The lowest BCUT2D eigenvalue weighted by Gasteiger charge is -2.19. The van der Waals surface area contributed by atoms with Crippen LogP contribution in [0.2, 0.25) is 0 Å². The normalized spacial score (nSPS) is 15.5. The van der Waals surface area contributed by atoms with Crippen LogP contribution in [-0.4, -0.2) is 19.5 Å². The number of fused-ring (bicyclic) bond motifs is 1. The topological polar surface area (TPSA) is 35.5 Å². The number of Topliss-reactive ketones (excluding diaryl/α,β-unsaturated/α-hetero) is 1. The van der Waals surface area contributed by atoms with E-state index >= 15 is 0 Å². The Bertz CT molecular complexity index is 735. The van der Waals surface area contributed by atoms with Crippen molar-refractivity contribution in [2.24, 2.45) is 0 Å². The summed E-state index contributed by atoms with van der Waals surface area (Å²) in [6.07, 6.45) is 1.65. The second kappa shape index (κ2) is 5.40. The van der Waals surface area contributed by atoms with E-state index in [0.29, 0.717) is 28.2 Å². The van der Waals surface area contributed by atoms with E-state index in [-0.39, 0.29) is 18.2 Å². The number of methoxy groups -OCH3 is 1. The van der Waals surface area contributed by atoms with Crippen molar-refractivity contribution in [2.75, 3.05) is 13.7 Å². The molecular formula is C17H13FO3. The van der Waals surface area contributed by atoms with Gasteiger partial charge in [-0.05, 0) is 42.0 Å². The zero-order chi connectivity index (χ0) is 14.8. The van der Waals surface area contributed by atoms with Crippen LogP contribution in [0, 0.1) is 5.82 Å². The molecule has 4 heteroatoms. The molecule has 0 saturated heterocycles. The quantitative estimate of drug-likeness (QED) is 0.792. The number of rotatable bonds is 2. The lowest BCUT2D eigenvalue weighted by atomic mass is 9.98. The van der Waals surface area contributed by atoms with Crippen LogP contribution >= 0.6 is 0 Å². The SMILES string of the molecule is COc1ccc2c(c1)C(=O)/C(=C\c1cccc(F)c1)CO2. The highest BCUT2D eigenvalue weighted by Crippen LogP contribution is 2.31. The molecule has 21 heavy (non-hydrogen) atoms. The first kappa shape index (κ1) is 13.4. The molecule has 2 aromatic rings. The van der Waals surface area contributed by atoms with E-state index in [2.05, 4.69) is 0 Å². The fourth-order valence-corrected chi connectivity index (χ4v) is 2.24. The van der Waals surface area contributed by atoms with Gasteiger partial charge in [0.05, 0.1) is 12.7 Å². The number of benzene rings is 2. The lowest BCUT2D eigenvalue weighted by molar-refractivity contribution is 0.100. The van der Waals surface area contributed by atoms with Crippen molar-refractivity contribution in [3.63, 3.8) is 0 Å². The molecule has 0 saturated carbocycles. The molecule has 1 heterocycles. The summed E-state index contributed by atoms with van der Waals surface area (Å²) in [6.45, 7) is 0.175. The van der Waals surface area contributed by atoms with Gasteiger partial charge in [-0.25, -0.2) is 4.39 Å². The fourth-order valence-electron chi connectivity index (χ4n) is 2.24. The first-order valence-electron chi connectivity index (χ1n) is 6.49. The highest BCUT2D eigenvalue weighted by Gasteiger charge is 2.23. The third-order valence-electron chi connectivity index (χ3n) is 3.30. The van der Waals surface area contributed by atoms with Crippen LogP contribution < -0.4 is 9.47 Å². The predicted octanol–water partition coefficient (Wildman–Crippen LogP) is 3.49. The molecule has 3 rings (SSSR count). The number of hydrogen-bond acceptors (Lipinski definition) is 3. The standard InChI is InChI=1S/C17H13FO3/c1-20-14-5-6-16-15(9-14)17(19)12(10-21-16)7-11-3-2-4-13(18)8-11/h2-9H,10H2,1H3/b12-7-. The van der Waals surface area contributed by atoms with Crippen molar-refractivity contribution < 1.29 is 18.7 Å². The molecule has 106 valence electrons. The minimum Gasteiger partial charge on any atom is -0.497 e. The molecule has 0 unspecified atom stereocenters. The molecule has 0 aliphatic carbocycles. The highest BCUT2D eigenvalue weighted by molar-refractivity contribution is 6.14. The van der Waals surface area contributed by atoms with Crippen molar-refractivity contribution in [2.45, 2.75) is 0 Å². The molecule has 2 aromatic carbocycles. The highest BCUT2D eigenvalue weighted by atomic mass is 19.1. The first-order valence-corrected chi connectivity index (χ1v) is 6.49. The summed E-state index contributed by atoms with van der Waals surface area (Å²) < 4.78 is 23.9. The van der Waals surface area contributed by atoms with Gasteiger partial charge in [-0.15, -0.1) is 0 Å². The van der Waals surface area contributed by atoms with E-state index in [4.69, 9.17) is 9.47 Å². The lowest BCUT2D eigenvalue weighted by Crippen LogP contribution is -2.19. The van der Waals surface area contributed by atoms with E-state index in [9.17, 15) is 9.18 Å². The maximum atomic E-state index is 13.2. The van der Waals surface area contributed by atoms with Gasteiger partial charge in [-0.3, -0.25) is 4.79 Å². The number of carbonyl (C=O) groups excluding carboxylic acids is 1. The summed E-state index contributed by atoms with van der Waals surface area (Å²) >= 11 is 0. The summed E-state index contributed by atoms with van der Waals surface area (Å²) in [4.78, 5) is 12.5. The van der Waals surface area contributed by atoms with Crippen LogP contribution in [0.1, 0.15) is 15.9 Å². The van der Waals surface area contributed by atoms with Crippen LogP contribution in [-0.2, 0) is 0 Å². The number of ether oxygens (including phenoxy) is 2. The molecule has 0 atom stereocenters. The van der Waals surface area contributed by atoms with Crippen LogP contribution in [0.3, 0.4) is 0 Å². The van der Waals surface area contributed by atoms with Crippen molar-refractivity contribution in [1.29, 1.82) is 0 Å². The Balaban J connectivity index is 1.98. The number of halogens is 1. The van der Waals surface area contributed by atoms with E-state index in [1.807, 2.05) is 0 Å². The smallest absolute Gasteiger partial charge is 0.196 e. The zero-order valence-corrected chi connectivity index (χ0v) is 11.4. The van der Waals surface area contributed by atoms with Crippen LogP contribution in [0.4, 0.5) is 4.39 Å². The summed E-state index contributed by atoms with van der Waals surface area (Å²) in [7, 11) is 1.54. The minimum atomic E-state index is -0.337. The van der Waals surface area contributed by atoms with Gasteiger partial charge in [-0.2, -0.15) is 0 Å². The zero-order valence-electron chi connectivity index (χ0n) is 11.4. The van der Waals surface area contributed by atoms with Crippen molar-refractivity contribution in [3.05, 3.63) is 65.0 Å². The van der Waals surface area contributed by atoms with Crippen molar-refractivity contribution in [1.82, 2.24) is 0 Å². The third kappa shape index (κ3) is 2.65. The van der Waals surface area contributed by atoms with Gasteiger partial charge in [0.25, 0.3) is 0 Å². The van der Waals surface area contributed by atoms with Gasteiger partial charge < -0.3 is 9.47 Å². The fraction of sp³-hybridized carbons (Fsp3) is 0.118. The maximum Gasteiger partial charge on any atom is 0.196 e. The molecule has 0 aromatic heterocycles. The van der Waals surface area contributed by atoms with Crippen LogP contribution in [0.25, 0.3) is 6.08 Å². The second-order valence-electron chi connectivity index (χ2n) is 4.70. The Morgan fingerprint density at radius 3 is 2.86 bits per heavy atom. The molecular weight excluding hydrogens is 271 g/mol. The Morgan fingerprint density at radius 2 is 2.10 bits per heavy atom. The maximum absolute atomic E-state index is 13.2. The van der Waals surface area contributed by atoms with E-state index in [1.54, 1.807) is 43.5 Å². The molecule has 3 nitrogen and oxygen atoms in total. The van der Waals surface area contributed by atoms with Gasteiger partial charge >= 0.3 is 0 Å². The van der Waals surface area contributed by atoms with E-state index in [0.717, 1.165) is 0 Å². The molecule has 0 bridgehead atoms. The Labute approximate surface area is 121 Å². The van der Waals surface area contributed by atoms with Crippen LogP contribution in [0.15, 0.2) is 48.0 Å². The molecule has 1 aliphatic heterocycles. The monoisotopic (exact) mass is 284 g/mol. The number of ketones is 1. The van der Waals surface area contributed by atoms with E-state index < -0.39 is 0 Å². The molecule has 0 spiro atoms.